The average molecular weight is 255 g/mol. The number of nitro groups is 1. The van der Waals surface area contributed by atoms with E-state index in [4.69, 9.17) is 5.26 Å². The molecule has 0 saturated carbocycles. The zero-order valence-corrected chi connectivity index (χ0v) is 9.04. The van der Waals surface area contributed by atoms with Crippen LogP contribution >= 0.6 is 15.9 Å². The molecule has 0 saturated heterocycles. The van der Waals surface area contributed by atoms with Crippen molar-refractivity contribution >= 4 is 21.6 Å². The second kappa shape index (κ2) is 4.20. The molecule has 0 fully saturated rings. The molecule has 0 amide bonds. The number of aryl methyl sites for hydroxylation is 1. The van der Waals surface area contributed by atoms with Crippen molar-refractivity contribution in [3.63, 3.8) is 0 Å². The second-order valence-electron chi connectivity index (χ2n) is 2.76. The molecule has 1 aromatic carbocycles. The molecule has 5 heteroatoms. The maximum Gasteiger partial charge on any atom is 0.287 e. The molecule has 0 aliphatic carbocycles. The van der Waals surface area contributed by atoms with Crippen molar-refractivity contribution in [1.29, 1.82) is 5.26 Å². The van der Waals surface area contributed by atoms with Gasteiger partial charge in [0, 0.05) is 11.4 Å². The summed E-state index contributed by atoms with van der Waals surface area (Å²) in [6.45, 7) is 1.82. The van der Waals surface area contributed by atoms with Crippen LogP contribution < -0.4 is 0 Å². The van der Waals surface area contributed by atoms with Crippen molar-refractivity contribution in [2.45, 2.75) is 12.3 Å². The molecule has 1 rings (SSSR count). The molecular formula is C9H7BrN2O2. The number of benzene rings is 1. The highest BCUT2D eigenvalue weighted by atomic mass is 79.9. The Kier molecular flexibility index (Phi) is 3.20. The molecule has 0 unspecified atom stereocenters. The van der Waals surface area contributed by atoms with E-state index in [1.165, 1.54) is 6.07 Å². The summed E-state index contributed by atoms with van der Waals surface area (Å²) in [4.78, 5) is 10.1. The van der Waals surface area contributed by atoms with Gasteiger partial charge in [-0.15, -0.1) is 0 Å². The first-order valence-electron chi connectivity index (χ1n) is 3.84. The molecule has 0 spiro atoms. The quantitative estimate of drug-likeness (QED) is 0.463. The third kappa shape index (κ3) is 1.75. The van der Waals surface area contributed by atoms with E-state index in [9.17, 15) is 10.1 Å². The maximum atomic E-state index is 10.6. The molecule has 0 heterocycles. The van der Waals surface area contributed by atoms with Crippen LogP contribution in [-0.2, 0) is 5.33 Å². The molecule has 0 N–H and O–H groups in total. The van der Waals surface area contributed by atoms with E-state index in [1.807, 2.05) is 13.0 Å². The second-order valence-corrected chi connectivity index (χ2v) is 3.32. The molecule has 0 aliphatic rings. The number of hydrogen-bond acceptors (Lipinski definition) is 3. The highest BCUT2D eigenvalue weighted by Gasteiger charge is 2.18. The van der Waals surface area contributed by atoms with Crippen LogP contribution in [0.4, 0.5) is 5.69 Å². The first-order valence-corrected chi connectivity index (χ1v) is 4.97. The van der Waals surface area contributed by atoms with Crippen molar-refractivity contribution in [2.75, 3.05) is 0 Å². The molecule has 0 atom stereocenters. The van der Waals surface area contributed by atoms with Crippen LogP contribution in [0.3, 0.4) is 0 Å². The van der Waals surface area contributed by atoms with Crippen LogP contribution in [0.2, 0.25) is 0 Å². The maximum absolute atomic E-state index is 10.6. The molecule has 0 aliphatic heterocycles. The lowest BCUT2D eigenvalue weighted by atomic mass is 10.0. The van der Waals surface area contributed by atoms with Crippen LogP contribution in [0.15, 0.2) is 12.1 Å². The van der Waals surface area contributed by atoms with Gasteiger partial charge in [0.25, 0.3) is 5.69 Å². The minimum Gasteiger partial charge on any atom is -0.258 e. The van der Waals surface area contributed by atoms with Gasteiger partial charge in [0.05, 0.1) is 4.92 Å². The predicted molar refractivity (Wildman–Crippen MR) is 55.2 cm³/mol. The van der Waals surface area contributed by atoms with Crippen molar-refractivity contribution in [3.05, 3.63) is 38.9 Å². The lowest BCUT2D eigenvalue weighted by molar-refractivity contribution is -0.385. The van der Waals surface area contributed by atoms with Crippen LogP contribution in [0.5, 0.6) is 0 Å². The van der Waals surface area contributed by atoms with E-state index in [1.54, 1.807) is 6.07 Å². The normalized spacial score (nSPS) is 9.50. The summed E-state index contributed by atoms with van der Waals surface area (Å²) in [6.07, 6.45) is 0. The molecule has 72 valence electrons. The highest BCUT2D eigenvalue weighted by Crippen LogP contribution is 2.26. The highest BCUT2D eigenvalue weighted by molar-refractivity contribution is 9.08. The summed E-state index contributed by atoms with van der Waals surface area (Å²) in [5, 5.41) is 19.9. The van der Waals surface area contributed by atoms with Gasteiger partial charge in [-0.3, -0.25) is 10.1 Å². The van der Waals surface area contributed by atoms with Crippen molar-refractivity contribution in [1.82, 2.24) is 0 Å². The zero-order chi connectivity index (χ0) is 10.7. The summed E-state index contributed by atoms with van der Waals surface area (Å²) < 4.78 is 0. The van der Waals surface area contributed by atoms with Crippen molar-refractivity contribution < 1.29 is 4.92 Å². The van der Waals surface area contributed by atoms with E-state index < -0.39 is 4.92 Å². The Labute approximate surface area is 89.4 Å². The molecule has 4 nitrogen and oxygen atoms in total. The third-order valence-electron chi connectivity index (χ3n) is 1.97. The lowest BCUT2D eigenvalue weighted by Crippen LogP contribution is -1.98. The standard InChI is InChI=1S/C9H7BrN2O2/c1-6-2-3-9(12(13)14)8(5-11)7(6)4-10/h2-3H,4H2,1H3. The SMILES string of the molecule is Cc1ccc([N+](=O)[O-])c(C#N)c1CBr. The monoisotopic (exact) mass is 254 g/mol. The van der Waals surface area contributed by atoms with E-state index >= 15 is 0 Å². The number of nitriles is 1. The summed E-state index contributed by atoms with van der Waals surface area (Å²) in [6, 6.07) is 4.88. The van der Waals surface area contributed by atoms with Crippen molar-refractivity contribution in [3.8, 4) is 6.07 Å². The number of alkyl halides is 1. The fraction of sp³-hybridized carbons (Fsp3) is 0.222. The molecule has 0 aromatic heterocycles. The van der Waals surface area contributed by atoms with Crippen molar-refractivity contribution in [2.24, 2.45) is 0 Å². The number of halogens is 1. The largest absolute Gasteiger partial charge is 0.287 e. The van der Waals surface area contributed by atoms with E-state index in [-0.39, 0.29) is 11.3 Å². The number of nitrogens with zero attached hydrogens (tertiary/aromatic N) is 2. The lowest BCUT2D eigenvalue weighted by Gasteiger charge is -2.04. The Morgan fingerprint density at radius 3 is 2.71 bits per heavy atom. The average Bonchev–Trinajstić information content (AvgIpc) is 2.16. The fourth-order valence-electron chi connectivity index (χ4n) is 1.19. The Hall–Kier alpha value is -1.41. The molecule has 14 heavy (non-hydrogen) atoms. The Bertz CT molecular complexity index is 424. The molecule has 0 bridgehead atoms. The first kappa shape index (κ1) is 10.7. The topological polar surface area (TPSA) is 66.9 Å². The smallest absolute Gasteiger partial charge is 0.258 e. The summed E-state index contributed by atoms with van der Waals surface area (Å²) in [5.74, 6) is 0. The van der Waals surface area contributed by atoms with Gasteiger partial charge in [-0.05, 0) is 18.1 Å². The Balaban J connectivity index is 3.50. The van der Waals surface area contributed by atoms with Crippen LogP contribution in [0.1, 0.15) is 16.7 Å². The number of nitro benzene ring substituents is 1. The van der Waals surface area contributed by atoms with Gasteiger partial charge in [0.1, 0.15) is 11.6 Å². The Morgan fingerprint density at radius 2 is 2.29 bits per heavy atom. The van der Waals surface area contributed by atoms with E-state index in [0.717, 1.165) is 5.56 Å². The number of hydrogen-bond donors (Lipinski definition) is 0. The van der Waals surface area contributed by atoms with Gasteiger partial charge in [0.2, 0.25) is 0 Å². The van der Waals surface area contributed by atoms with E-state index in [2.05, 4.69) is 15.9 Å². The summed E-state index contributed by atoms with van der Waals surface area (Å²) in [5.41, 5.74) is 1.57. The van der Waals surface area contributed by atoms with Gasteiger partial charge in [-0.1, -0.05) is 22.0 Å². The van der Waals surface area contributed by atoms with Gasteiger partial charge in [-0.25, -0.2) is 0 Å². The number of rotatable bonds is 2. The first-order chi connectivity index (χ1) is 6.61. The van der Waals surface area contributed by atoms with Gasteiger partial charge >= 0.3 is 0 Å². The van der Waals surface area contributed by atoms with Gasteiger partial charge in [0.15, 0.2) is 0 Å². The van der Waals surface area contributed by atoms with Gasteiger partial charge in [-0.2, -0.15) is 5.26 Å². The molecule has 1 aromatic rings. The molecule has 0 radical (unpaired) electrons. The fourth-order valence-corrected chi connectivity index (χ4v) is 1.91. The van der Waals surface area contributed by atoms with Crippen LogP contribution in [0, 0.1) is 28.4 Å². The summed E-state index contributed by atoms with van der Waals surface area (Å²) >= 11 is 3.21. The minimum atomic E-state index is -0.538. The van der Waals surface area contributed by atoms with Gasteiger partial charge < -0.3 is 0 Å². The van der Waals surface area contributed by atoms with E-state index in [0.29, 0.717) is 10.9 Å². The predicted octanol–water partition coefficient (Wildman–Crippen LogP) is 2.67. The minimum absolute atomic E-state index is 0.132. The third-order valence-corrected chi connectivity index (χ3v) is 2.53. The summed E-state index contributed by atoms with van der Waals surface area (Å²) in [7, 11) is 0. The Morgan fingerprint density at radius 1 is 1.64 bits per heavy atom. The zero-order valence-electron chi connectivity index (χ0n) is 7.45. The molecular weight excluding hydrogens is 248 g/mol. The van der Waals surface area contributed by atoms with Crippen LogP contribution in [-0.4, -0.2) is 4.92 Å². The van der Waals surface area contributed by atoms with Crippen LogP contribution in [0.25, 0.3) is 0 Å².